The highest BCUT2D eigenvalue weighted by atomic mass is 16.5. The predicted molar refractivity (Wildman–Crippen MR) is 93.6 cm³/mol. The van der Waals surface area contributed by atoms with E-state index >= 15 is 0 Å². The van der Waals surface area contributed by atoms with Gasteiger partial charge in [0.25, 0.3) is 0 Å². The molecular formula is C18H22N4O2. The zero-order chi connectivity index (χ0) is 16.9. The Morgan fingerprint density at radius 3 is 2.88 bits per heavy atom. The smallest absolute Gasteiger partial charge is 0.152 e. The molecule has 0 saturated heterocycles. The van der Waals surface area contributed by atoms with Crippen LogP contribution in [0.1, 0.15) is 16.8 Å². The van der Waals surface area contributed by atoms with Crippen LogP contribution < -0.4 is 10.1 Å². The van der Waals surface area contributed by atoms with Crippen LogP contribution in [0.5, 0.6) is 5.75 Å². The van der Waals surface area contributed by atoms with Crippen molar-refractivity contribution < 1.29 is 9.47 Å². The fourth-order valence-electron chi connectivity index (χ4n) is 2.54. The SMILES string of the molecule is COCCOc1cc(C)ccc1CNc1nccn2nc(C)cc12. The van der Waals surface area contributed by atoms with E-state index < -0.39 is 0 Å². The second-order valence-electron chi connectivity index (χ2n) is 5.70. The minimum Gasteiger partial charge on any atom is -0.491 e. The lowest BCUT2D eigenvalue weighted by Gasteiger charge is -2.13. The molecule has 0 unspecified atom stereocenters. The molecule has 126 valence electrons. The Hall–Kier alpha value is -2.60. The number of aromatic nitrogens is 3. The van der Waals surface area contributed by atoms with E-state index in [0.29, 0.717) is 19.8 Å². The molecule has 0 aliphatic carbocycles. The topological polar surface area (TPSA) is 60.7 Å². The summed E-state index contributed by atoms with van der Waals surface area (Å²) in [6.07, 6.45) is 3.59. The first-order chi connectivity index (χ1) is 11.7. The average molecular weight is 326 g/mol. The Bertz CT molecular complexity index is 829. The number of aryl methyl sites for hydroxylation is 2. The summed E-state index contributed by atoms with van der Waals surface area (Å²) in [5.74, 6) is 1.68. The number of anilines is 1. The first-order valence-corrected chi connectivity index (χ1v) is 7.93. The van der Waals surface area contributed by atoms with Gasteiger partial charge in [0.1, 0.15) is 17.9 Å². The van der Waals surface area contributed by atoms with Crippen molar-refractivity contribution in [2.24, 2.45) is 0 Å². The Balaban J connectivity index is 1.78. The molecule has 3 aromatic rings. The fourth-order valence-corrected chi connectivity index (χ4v) is 2.54. The number of benzene rings is 1. The molecule has 0 radical (unpaired) electrons. The zero-order valence-electron chi connectivity index (χ0n) is 14.2. The van der Waals surface area contributed by atoms with Crippen molar-refractivity contribution >= 4 is 11.3 Å². The monoisotopic (exact) mass is 326 g/mol. The van der Waals surface area contributed by atoms with Crippen molar-refractivity contribution in [2.45, 2.75) is 20.4 Å². The minimum atomic E-state index is 0.530. The summed E-state index contributed by atoms with van der Waals surface area (Å²) in [4.78, 5) is 4.43. The molecule has 2 aromatic heterocycles. The largest absolute Gasteiger partial charge is 0.491 e. The van der Waals surface area contributed by atoms with Gasteiger partial charge in [-0.15, -0.1) is 0 Å². The number of nitrogens with one attached hydrogen (secondary N) is 1. The van der Waals surface area contributed by atoms with E-state index in [1.54, 1.807) is 13.3 Å². The van der Waals surface area contributed by atoms with Gasteiger partial charge < -0.3 is 14.8 Å². The average Bonchev–Trinajstić information content (AvgIpc) is 2.95. The second-order valence-corrected chi connectivity index (χ2v) is 5.70. The number of hydrogen-bond acceptors (Lipinski definition) is 5. The quantitative estimate of drug-likeness (QED) is 0.676. The molecule has 0 aliphatic heterocycles. The molecule has 1 N–H and O–H groups in total. The minimum absolute atomic E-state index is 0.530. The molecule has 0 saturated carbocycles. The van der Waals surface area contributed by atoms with E-state index in [1.165, 1.54) is 0 Å². The van der Waals surface area contributed by atoms with Gasteiger partial charge in [0.15, 0.2) is 5.82 Å². The van der Waals surface area contributed by atoms with Crippen LogP contribution in [0.2, 0.25) is 0 Å². The molecule has 6 nitrogen and oxygen atoms in total. The number of rotatable bonds is 7. The third-order valence-corrected chi connectivity index (χ3v) is 3.73. The Labute approximate surface area is 141 Å². The standard InChI is InChI=1S/C18H22N4O2/c1-13-4-5-15(17(10-13)24-9-8-23-3)12-20-18-16-11-14(2)21-22(16)7-6-19-18/h4-7,10-11H,8-9,12H2,1-3H3,(H,19,20). The summed E-state index contributed by atoms with van der Waals surface area (Å²) in [5.41, 5.74) is 4.17. The molecule has 6 heteroatoms. The van der Waals surface area contributed by atoms with Gasteiger partial charge in [-0.05, 0) is 31.5 Å². The van der Waals surface area contributed by atoms with Gasteiger partial charge in [-0.2, -0.15) is 5.10 Å². The van der Waals surface area contributed by atoms with Crippen molar-refractivity contribution in [3.63, 3.8) is 0 Å². The molecule has 0 spiro atoms. The molecule has 3 rings (SSSR count). The van der Waals surface area contributed by atoms with E-state index in [-0.39, 0.29) is 0 Å². The lowest BCUT2D eigenvalue weighted by Crippen LogP contribution is -2.09. The van der Waals surface area contributed by atoms with Gasteiger partial charge in [0, 0.05) is 31.6 Å². The van der Waals surface area contributed by atoms with Crippen molar-refractivity contribution in [1.82, 2.24) is 14.6 Å². The molecule has 24 heavy (non-hydrogen) atoms. The highest BCUT2D eigenvalue weighted by molar-refractivity contribution is 5.67. The van der Waals surface area contributed by atoms with E-state index in [0.717, 1.165) is 33.9 Å². The van der Waals surface area contributed by atoms with E-state index in [1.807, 2.05) is 29.8 Å². The highest BCUT2D eigenvalue weighted by Gasteiger charge is 2.08. The summed E-state index contributed by atoms with van der Waals surface area (Å²) in [6, 6.07) is 8.22. The first kappa shape index (κ1) is 16.3. The number of methoxy groups -OCH3 is 1. The van der Waals surface area contributed by atoms with E-state index in [9.17, 15) is 0 Å². The number of nitrogens with zero attached hydrogens (tertiary/aromatic N) is 3. The van der Waals surface area contributed by atoms with Gasteiger partial charge in [-0.3, -0.25) is 0 Å². The summed E-state index contributed by atoms with van der Waals surface area (Å²) < 4.78 is 12.7. The van der Waals surface area contributed by atoms with Crippen LogP contribution in [0.25, 0.3) is 5.52 Å². The summed E-state index contributed by atoms with van der Waals surface area (Å²) in [7, 11) is 1.67. The molecule has 1 aromatic carbocycles. The maximum absolute atomic E-state index is 5.84. The summed E-state index contributed by atoms with van der Waals surface area (Å²) >= 11 is 0. The third kappa shape index (κ3) is 3.65. The number of hydrogen-bond donors (Lipinski definition) is 1. The predicted octanol–water partition coefficient (Wildman–Crippen LogP) is 2.98. The summed E-state index contributed by atoms with van der Waals surface area (Å²) in [6.45, 7) is 5.75. The molecule has 0 atom stereocenters. The van der Waals surface area contributed by atoms with Crippen LogP contribution in [0.4, 0.5) is 5.82 Å². The maximum Gasteiger partial charge on any atom is 0.152 e. The van der Waals surface area contributed by atoms with Gasteiger partial charge >= 0.3 is 0 Å². The van der Waals surface area contributed by atoms with Gasteiger partial charge in [-0.1, -0.05) is 12.1 Å². The van der Waals surface area contributed by atoms with Crippen LogP contribution in [0.15, 0.2) is 36.7 Å². The zero-order valence-corrected chi connectivity index (χ0v) is 14.2. The van der Waals surface area contributed by atoms with Crippen molar-refractivity contribution in [3.8, 4) is 5.75 Å². The highest BCUT2D eigenvalue weighted by Crippen LogP contribution is 2.22. The van der Waals surface area contributed by atoms with Crippen LogP contribution in [-0.2, 0) is 11.3 Å². The van der Waals surface area contributed by atoms with Crippen molar-refractivity contribution in [2.75, 3.05) is 25.6 Å². The summed E-state index contributed by atoms with van der Waals surface area (Å²) in [5, 5.41) is 7.79. The van der Waals surface area contributed by atoms with Crippen molar-refractivity contribution in [1.29, 1.82) is 0 Å². The molecule has 0 bridgehead atoms. The van der Waals surface area contributed by atoms with Gasteiger partial charge in [-0.25, -0.2) is 9.50 Å². The van der Waals surface area contributed by atoms with Gasteiger partial charge in [0.2, 0.25) is 0 Å². The fraction of sp³-hybridized carbons (Fsp3) is 0.333. The lowest BCUT2D eigenvalue weighted by atomic mass is 10.1. The molecular weight excluding hydrogens is 304 g/mol. The van der Waals surface area contributed by atoms with Gasteiger partial charge in [0.05, 0.1) is 12.3 Å². The molecule has 0 fully saturated rings. The molecule has 2 heterocycles. The Morgan fingerprint density at radius 1 is 1.17 bits per heavy atom. The first-order valence-electron chi connectivity index (χ1n) is 7.93. The van der Waals surface area contributed by atoms with E-state index in [4.69, 9.17) is 9.47 Å². The molecule has 0 aliphatic rings. The molecule has 0 amide bonds. The number of fused-ring (bicyclic) bond motifs is 1. The van der Waals surface area contributed by atoms with E-state index in [2.05, 4.69) is 34.5 Å². The Kier molecular flexibility index (Phi) is 4.96. The lowest BCUT2D eigenvalue weighted by molar-refractivity contribution is 0.146. The van der Waals surface area contributed by atoms with Crippen LogP contribution in [-0.4, -0.2) is 34.9 Å². The maximum atomic E-state index is 5.84. The van der Waals surface area contributed by atoms with Crippen LogP contribution in [0, 0.1) is 13.8 Å². The van der Waals surface area contributed by atoms with Crippen LogP contribution >= 0.6 is 0 Å². The third-order valence-electron chi connectivity index (χ3n) is 3.73. The Morgan fingerprint density at radius 2 is 2.04 bits per heavy atom. The number of ether oxygens (including phenoxy) is 2. The normalized spacial score (nSPS) is 11.0. The van der Waals surface area contributed by atoms with Crippen LogP contribution in [0.3, 0.4) is 0 Å². The van der Waals surface area contributed by atoms with Crippen molar-refractivity contribution in [3.05, 3.63) is 53.5 Å². The second kappa shape index (κ2) is 7.31.